The van der Waals surface area contributed by atoms with Crippen molar-refractivity contribution in [2.75, 3.05) is 4.90 Å². The summed E-state index contributed by atoms with van der Waals surface area (Å²) in [6.07, 6.45) is 0. The molecule has 0 saturated carbocycles. The molecule has 7 aromatic carbocycles. The molecule has 0 amide bonds. The molecule has 2 nitrogen and oxygen atoms in total. The van der Waals surface area contributed by atoms with Gasteiger partial charge in [0.1, 0.15) is 0 Å². The molecular weight excluding hydrogens is 569 g/mol. The standard InChI is InChI=1S/C45H36N2/c1-29-20-22-31(23-21-29)46(32-13-11-12-30(2)26-32)33-24-25-38-39(27-33)45(3,4)40-28-43(36-16-5-6-17-37(36)44(38)40)47-41-18-9-7-14-34(41)35-15-8-10-19-42(35)47/h5-28H,1-4H3. The first-order chi connectivity index (χ1) is 22.9. The maximum atomic E-state index is 2.48. The van der Waals surface area contributed by atoms with E-state index in [9.17, 15) is 0 Å². The van der Waals surface area contributed by atoms with E-state index in [0.29, 0.717) is 0 Å². The molecule has 1 aliphatic rings. The zero-order valence-electron chi connectivity index (χ0n) is 27.3. The number of aromatic nitrogens is 1. The van der Waals surface area contributed by atoms with Gasteiger partial charge in [0.2, 0.25) is 0 Å². The molecule has 0 fully saturated rings. The maximum absolute atomic E-state index is 2.48. The predicted octanol–water partition coefficient (Wildman–Crippen LogP) is 12.3. The zero-order valence-corrected chi connectivity index (χ0v) is 27.3. The van der Waals surface area contributed by atoms with E-state index >= 15 is 0 Å². The van der Waals surface area contributed by atoms with Crippen LogP contribution in [0.15, 0.2) is 146 Å². The lowest BCUT2D eigenvalue weighted by Crippen LogP contribution is -2.17. The van der Waals surface area contributed by atoms with Crippen molar-refractivity contribution in [3.8, 4) is 16.8 Å². The molecule has 0 N–H and O–H groups in total. The number of hydrogen-bond acceptors (Lipinski definition) is 1. The van der Waals surface area contributed by atoms with Crippen molar-refractivity contribution in [1.82, 2.24) is 4.57 Å². The SMILES string of the molecule is Cc1ccc(N(c2cccc(C)c2)c2ccc3c(c2)C(C)(C)c2cc(-n4c5ccccc5c5ccccc54)c4ccccc4c2-3)cc1. The second-order valence-electron chi connectivity index (χ2n) is 13.6. The molecule has 0 bridgehead atoms. The third-order valence-electron chi connectivity index (χ3n) is 10.3. The molecule has 2 heteroatoms. The monoisotopic (exact) mass is 604 g/mol. The molecule has 47 heavy (non-hydrogen) atoms. The van der Waals surface area contributed by atoms with Crippen molar-refractivity contribution in [3.05, 3.63) is 168 Å². The Kier molecular flexibility index (Phi) is 6.01. The van der Waals surface area contributed by atoms with E-state index < -0.39 is 0 Å². The van der Waals surface area contributed by atoms with Gasteiger partial charge in [0.25, 0.3) is 0 Å². The number of para-hydroxylation sites is 2. The molecule has 0 aliphatic heterocycles. The number of rotatable bonds is 4. The normalized spacial score (nSPS) is 13.3. The van der Waals surface area contributed by atoms with Crippen LogP contribution in [0, 0.1) is 13.8 Å². The Morgan fingerprint density at radius 3 is 1.74 bits per heavy atom. The molecule has 8 aromatic rings. The lowest BCUT2D eigenvalue weighted by atomic mass is 9.81. The van der Waals surface area contributed by atoms with Gasteiger partial charge in [-0.25, -0.2) is 0 Å². The molecule has 9 rings (SSSR count). The summed E-state index contributed by atoms with van der Waals surface area (Å²) in [5.41, 5.74) is 14.9. The summed E-state index contributed by atoms with van der Waals surface area (Å²) in [5, 5.41) is 5.14. The summed E-state index contributed by atoms with van der Waals surface area (Å²) in [4.78, 5) is 2.40. The lowest BCUT2D eigenvalue weighted by Gasteiger charge is -2.28. The van der Waals surface area contributed by atoms with Crippen molar-refractivity contribution >= 4 is 49.6 Å². The van der Waals surface area contributed by atoms with Crippen LogP contribution < -0.4 is 4.90 Å². The van der Waals surface area contributed by atoms with Crippen LogP contribution in [0.2, 0.25) is 0 Å². The number of fused-ring (bicyclic) bond motifs is 8. The van der Waals surface area contributed by atoms with E-state index in [1.165, 1.54) is 83.0 Å². The van der Waals surface area contributed by atoms with Crippen molar-refractivity contribution in [2.45, 2.75) is 33.1 Å². The van der Waals surface area contributed by atoms with Crippen molar-refractivity contribution in [1.29, 1.82) is 0 Å². The summed E-state index contributed by atoms with van der Waals surface area (Å²) >= 11 is 0. The minimum absolute atomic E-state index is 0.205. The average molecular weight is 605 g/mol. The number of anilines is 3. The van der Waals surface area contributed by atoms with E-state index in [-0.39, 0.29) is 5.41 Å². The Hall–Kier alpha value is -5.60. The summed E-state index contributed by atoms with van der Waals surface area (Å²) in [7, 11) is 0. The largest absolute Gasteiger partial charge is 0.310 e. The Bertz CT molecular complexity index is 2460. The van der Waals surface area contributed by atoms with Gasteiger partial charge in [0.05, 0.1) is 16.7 Å². The van der Waals surface area contributed by atoms with Gasteiger partial charge in [-0.05, 0) is 102 Å². The number of benzene rings is 7. The van der Waals surface area contributed by atoms with Crippen molar-refractivity contribution in [3.63, 3.8) is 0 Å². The minimum atomic E-state index is -0.205. The Balaban J connectivity index is 1.29. The molecule has 1 aromatic heterocycles. The molecule has 0 unspecified atom stereocenters. The average Bonchev–Trinajstić information content (AvgIpc) is 3.54. The fourth-order valence-corrected chi connectivity index (χ4v) is 7.97. The molecule has 1 heterocycles. The summed E-state index contributed by atoms with van der Waals surface area (Å²) in [6, 6.07) is 53.9. The second kappa shape index (κ2) is 10.2. The fraction of sp³-hybridized carbons (Fsp3) is 0.111. The number of hydrogen-bond donors (Lipinski definition) is 0. The first-order valence-electron chi connectivity index (χ1n) is 16.5. The molecule has 1 aliphatic carbocycles. The number of aryl methyl sites for hydroxylation is 2. The Morgan fingerprint density at radius 2 is 1.06 bits per heavy atom. The molecule has 0 saturated heterocycles. The highest BCUT2D eigenvalue weighted by Crippen LogP contribution is 2.54. The molecule has 226 valence electrons. The van der Waals surface area contributed by atoms with Gasteiger partial charge < -0.3 is 9.47 Å². The quantitative estimate of drug-likeness (QED) is 0.194. The van der Waals surface area contributed by atoms with Crippen LogP contribution in [0.5, 0.6) is 0 Å². The Labute approximate surface area is 276 Å². The summed E-state index contributed by atoms with van der Waals surface area (Å²) in [5.74, 6) is 0. The molecule has 0 radical (unpaired) electrons. The van der Waals surface area contributed by atoms with Crippen LogP contribution >= 0.6 is 0 Å². The third kappa shape index (κ3) is 4.11. The second-order valence-corrected chi connectivity index (χ2v) is 13.6. The first-order valence-corrected chi connectivity index (χ1v) is 16.5. The van der Waals surface area contributed by atoms with Crippen molar-refractivity contribution < 1.29 is 0 Å². The number of nitrogens with zero attached hydrogens (tertiary/aromatic N) is 2. The van der Waals surface area contributed by atoms with Gasteiger partial charge in [-0.15, -0.1) is 0 Å². The molecule has 0 spiro atoms. The Morgan fingerprint density at radius 1 is 0.468 bits per heavy atom. The maximum Gasteiger partial charge on any atom is 0.0544 e. The van der Waals surface area contributed by atoms with E-state index in [1.54, 1.807) is 0 Å². The highest BCUT2D eigenvalue weighted by atomic mass is 15.1. The van der Waals surface area contributed by atoms with Crippen LogP contribution in [-0.2, 0) is 5.41 Å². The topological polar surface area (TPSA) is 8.17 Å². The van der Waals surface area contributed by atoms with Gasteiger partial charge >= 0.3 is 0 Å². The van der Waals surface area contributed by atoms with Gasteiger partial charge in [0.15, 0.2) is 0 Å². The van der Waals surface area contributed by atoms with Gasteiger partial charge in [-0.1, -0.05) is 110 Å². The van der Waals surface area contributed by atoms with E-state index in [2.05, 4.69) is 183 Å². The van der Waals surface area contributed by atoms with Crippen LogP contribution in [-0.4, -0.2) is 4.57 Å². The predicted molar refractivity (Wildman–Crippen MR) is 200 cm³/mol. The van der Waals surface area contributed by atoms with Crippen LogP contribution in [0.25, 0.3) is 49.4 Å². The zero-order chi connectivity index (χ0) is 31.9. The lowest BCUT2D eigenvalue weighted by molar-refractivity contribution is 0.660. The fourth-order valence-electron chi connectivity index (χ4n) is 7.97. The van der Waals surface area contributed by atoms with Crippen LogP contribution in [0.4, 0.5) is 17.1 Å². The van der Waals surface area contributed by atoms with E-state index in [4.69, 9.17) is 0 Å². The molecule has 0 atom stereocenters. The van der Waals surface area contributed by atoms with Gasteiger partial charge in [-0.2, -0.15) is 0 Å². The smallest absolute Gasteiger partial charge is 0.0544 e. The van der Waals surface area contributed by atoms with Crippen LogP contribution in [0.1, 0.15) is 36.1 Å². The van der Waals surface area contributed by atoms with Crippen LogP contribution in [0.3, 0.4) is 0 Å². The molecular formula is C45H36N2. The van der Waals surface area contributed by atoms with Crippen molar-refractivity contribution in [2.24, 2.45) is 0 Å². The third-order valence-corrected chi connectivity index (χ3v) is 10.3. The van der Waals surface area contributed by atoms with E-state index in [0.717, 1.165) is 5.69 Å². The summed E-state index contributed by atoms with van der Waals surface area (Å²) in [6.45, 7) is 9.11. The highest BCUT2D eigenvalue weighted by Gasteiger charge is 2.38. The van der Waals surface area contributed by atoms with Gasteiger partial charge in [-0.3, -0.25) is 0 Å². The highest BCUT2D eigenvalue weighted by molar-refractivity contribution is 6.12. The van der Waals surface area contributed by atoms with Gasteiger partial charge in [0, 0.05) is 38.6 Å². The minimum Gasteiger partial charge on any atom is -0.310 e. The summed E-state index contributed by atoms with van der Waals surface area (Å²) < 4.78 is 2.48. The van der Waals surface area contributed by atoms with E-state index in [1.807, 2.05) is 0 Å². The first kappa shape index (κ1) is 27.7.